The number of aryl methyl sites for hydroxylation is 2. The number of likely N-dealkylation sites (tertiary alicyclic amines) is 1. The topological polar surface area (TPSA) is 71.4 Å². The minimum Gasteiger partial charge on any atom is -0.476 e. The lowest BCUT2D eigenvalue weighted by Crippen LogP contribution is -2.60. The first-order valence-corrected chi connectivity index (χ1v) is 10.6. The maximum atomic E-state index is 13.2. The number of piperidine rings is 1. The van der Waals surface area contributed by atoms with Crippen LogP contribution < -0.4 is 15.4 Å². The predicted octanol–water partition coefficient (Wildman–Crippen LogP) is 2.50. The first kappa shape index (κ1) is 24.1. The summed E-state index contributed by atoms with van der Waals surface area (Å²) in [5.41, 5.74) is -0.0199. The predicted molar refractivity (Wildman–Crippen MR) is 114 cm³/mol. The Labute approximate surface area is 185 Å². The summed E-state index contributed by atoms with van der Waals surface area (Å²) in [7, 11) is 3.67. The Balaban J connectivity index is 1.81. The molecule has 1 fully saturated rings. The van der Waals surface area contributed by atoms with Crippen molar-refractivity contribution in [1.29, 1.82) is 0 Å². The first-order chi connectivity index (χ1) is 15.1. The van der Waals surface area contributed by atoms with Crippen LogP contribution in [0.15, 0.2) is 30.3 Å². The number of amides is 1. The molecule has 176 valence electrons. The molecule has 7 nitrogen and oxygen atoms in total. The second-order valence-electron chi connectivity index (χ2n) is 8.19. The average Bonchev–Trinajstić information content (AvgIpc) is 3.04. The molecule has 1 amide bonds. The summed E-state index contributed by atoms with van der Waals surface area (Å²) >= 11 is 0. The Morgan fingerprint density at radius 1 is 1.25 bits per heavy atom. The lowest BCUT2D eigenvalue weighted by atomic mass is 9.91. The number of hydrogen-bond acceptors (Lipinski definition) is 5. The van der Waals surface area contributed by atoms with Crippen molar-refractivity contribution in [2.45, 2.75) is 38.1 Å². The van der Waals surface area contributed by atoms with Crippen molar-refractivity contribution in [3.63, 3.8) is 0 Å². The van der Waals surface area contributed by atoms with Crippen molar-refractivity contribution < 1.29 is 22.7 Å². The van der Waals surface area contributed by atoms with Crippen LogP contribution in [-0.4, -0.2) is 59.4 Å². The number of halogens is 3. The third kappa shape index (κ3) is 5.80. The van der Waals surface area contributed by atoms with Gasteiger partial charge < -0.3 is 15.4 Å². The molecule has 10 heteroatoms. The quantitative estimate of drug-likeness (QED) is 0.601. The van der Waals surface area contributed by atoms with Gasteiger partial charge in [-0.3, -0.25) is 14.4 Å². The number of likely N-dealkylation sites (N-methyl/N-ethyl adjacent to an activating group) is 1. The van der Waals surface area contributed by atoms with Gasteiger partial charge in [0.25, 0.3) is 5.91 Å². The molecule has 0 bridgehead atoms. The maximum absolute atomic E-state index is 13.2. The summed E-state index contributed by atoms with van der Waals surface area (Å²) in [6, 6.07) is 6.49. The van der Waals surface area contributed by atoms with E-state index >= 15 is 0 Å². The van der Waals surface area contributed by atoms with Crippen LogP contribution >= 0.6 is 0 Å². The molecule has 3 rings (SSSR count). The van der Waals surface area contributed by atoms with E-state index in [0.29, 0.717) is 32.6 Å². The molecule has 1 aromatic heterocycles. The minimum atomic E-state index is -4.43. The van der Waals surface area contributed by atoms with Crippen LogP contribution in [0.1, 0.15) is 29.8 Å². The Morgan fingerprint density at radius 3 is 2.56 bits per heavy atom. The molecule has 32 heavy (non-hydrogen) atoms. The largest absolute Gasteiger partial charge is 0.476 e. The number of nitrogens with one attached hydrogen (secondary N) is 2. The van der Waals surface area contributed by atoms with Gasteiger partial charge in [0.15, 0.2) is 5.60 Å². The number of benzene rings is 1. The van der Waals surface area contributed by atoms with Crippen molar-refractivity contribution in [2.75, 3.05) is 33.2 Å². The molecule has 0 radical (unpaired) electrons. The number of nitrogens with zero attached hydrogens (tertiary/aromatic N) is 3. The summed E-state index contributed by atoms with van der Waals surface area (Å²) in [5.74, 6) is -0.0291. The highest BCUT2D eigenvalue weighted by atomic mass is 19.4. The second-order valence-corrected chi connectivity index (χ2v) is 8.19. The number of carbonyl (C=O) groups excluding carboxylic acids is 1. The molecule has 1 aromatic carbocycles. The average molecular weight is 454 g/mol. The molecule has 1 aliphatic rings. The van der Waals surface area contributed by atoms with Gasteiger partial charge in [-0.1, -0.05) is 0 Å². The first-order valence-electron chi connectivity index (χ1n) is 10.6. The zero-order chi connectivity index (χ0) is 23.4. The van der Waals surface area contributed by atoms with Gasteiger partial charge >= 0.3 is 6.18 Å². The van der Waals surface area contributed by atoms with E-state index in [0.717, 1.165) is 36.5 Å². The smallest absolute Gasteiger partial charge is 0.416 e. The van der Waals surface area contributed by atoms with Crippen molar-refractivity contribution in [1.82, 2.24) is 25.3 Å². The molecule has 1 unspecified atom stereocenters. The molecule has 0 saturated carbocycles. The summed E-state index contributed by atoms with van der Waals surface area (Å²) in [6.45, 7) is 4.65. The number of carbonyl (C=O) groups is 1. The van der Waals surface area contributed by atoms with Crippen molar-refractivity contribution in [2.24, 2.45) is 7.05 Å². The molecule has 2 aromatic rings. The van der Waals surface area contributed by atoms with Crippen LogP contribution in [0.2, 0.25) is 0 Å². The number of hydrogen-bond donors (Lipinski definition) is 2. The van der Waals surface area contributed by atoms with Crippen molar-refractivity contribution >= 4 is 5.91 Å². The van der Waals surface area contributed by atoms with Crippen LogP contribution in [0.3, 0.4) is 0 Å². The highest BCUT2D eigenvalue weighted by Crippen LogP contribution is 2.33. The van der Waals surface area contributed by atoms with Crippen LogP contribution in [0.4, 0.5) is 13.2 Å². The molecular formula is C22H30F3N5O2. The van der Waals surface area contributed by atoms with E-state index in [9.17, 15) is 18.0 Å². The fraction of sp³-hybridized carbons (Fsp3) is 0.545. The molecule has 1 saturated heterocycles. The second kappa shape index (κ2) is 9.91. The number of ether oxygens (including phenoxy) is 1. The van der Waals surface area contributed by atoms with E-state index in [4.69, 9.17) is 4.74 Å². The third-order valence-corrected chi connectivity index (χ3v) is 5.59. The van der Waals surface area contributed by atoms with Gasteiger partial charge in [0, 0.05) is 33.2 Å². The Morgan fingerprint density at radius 2 is 1.97 bits per heavy atom. The standard InChI is InChI=1S/C22H30F3N5O2/c1-16-13-18(29(3)28-16)14-30-12-4-9-21(15-30,20(31)27-11-10-26-2)32-19-7-5-17(6-8-19)22(23,24)25/h5-8,13,26H,4,9-12,14-15H2,1-3H3,(H,27,31). The van der Waals surface area contributed by atoms with Gasteiger partial charge in [-0.05, 0) is 63.7 Å². The highest BCUT2D eigenvalue weighted by molar-refractivity contribution is 5.86. The van der Waals surface area contributed by atoms with E-state index in [2.05, 4.69) is 20.6 Å². The lowest BCUT2D eigenvalue weighted by molar-refractivity contribution is -0.142. The van der Waals surface area contributed by atoms with Gasteiger partial charge in [0.05, 0.1) is 17.0 Å². The van der Waals surface area contributed by atoms with E-state index in [1.807, 2.05) is 24.7 Å². The monoisotopic (exact) mass is 453 g/mol. The molecule has 1 aliphatic heterocycles. The molecule has 1 atom stereocenters. The molecular weight excluding hydrogens is 423 g/mol. The van der Waals surface area contributed by atoms with Gasteiger partial charge in [-0.25, -0.2) is 0 Å². The van der Waals surface area contributed by atoms with Crippen molar-refractivity contribution in [3.05, 3.63) is 47.3 Å². The van der Waals surface area contributed by atoms with Crippen LogP contribution in [0.5, 0.6) is 5.75 Å². The van der Waals surface area contributed by atoms with Gasteiger partial charge in [0.1, 0.15) is 5.75 Å². The van der Waals surface area contributed by atoms with Gasteiger partial charge in [-0.15, -0.1) is 0 Å². The van der Waals surface area contributed by atoms with Crippen molar-refractivity contribution in [3.8, 4) is 5.75 Å². The van der Waals surface area contributed by atoms with Crippen LogP contribution in [0.25, 0.3) is 0 Å². The SMILES string of the molecule is CNCCNC(=O)C1(Oc2ccc(C(F)(F)F)cc2)CCCN(Cc2cc(C)nn2C)C1. The summed E-state index contributed by atoms with van der Waals surface area (Å²) in [6.07, 6.45) is -3.24. The van der Waals surface area contributed by atoms with Gasteiger partial charge in [-0.2, -0.15) is 18.3 Å². The highest BCUT2D eigenvalue weighted by Gasteiger charge is 2.45. The molecule has 0 aliphatic carbocycles. The summed E-state index contributed by atoms with van der Waals surface area (Å²) in [5, 5.41) is 10.2. The fourth-order valence-electron chi connectivity index (χ4n) is 4.00. The minimum absolute atomic E-state index is 0.236. The lowest BCUT2D eigenvalue weighted by Gasteiger charge is -2.41. The third-order valence-electron chi connectivity index (χ3n) is 5.59. The van der Waals surface area contributed by atoms with Crippen LogP contribution in [0, 0.1) is 6.92 Å². The zero-order valence-electron chi connectivity index (χ0n) is 18.6. The molecule has 0 spiro atoms. The molecule has 2 N–H and O–H groups in total. The zero-order valence-corrected chi connectivity index (χ0v) is 18.6. The number of aromatic nitrogens is 2. The molecule has 2 heterocycles. The normalized spacial score (nSPS) is 19.7. The summed E-state index contributed by atoms with van der Waals surface area (Å²) in [4.78, 5) is 15.3. The van der Waals surface area contributed by atoms with E-state index in [1.165, 1.54) is 12.1 Å². The number of rotatable bonds is 8. The van der Waals surface area contributed by atoms with E-state index in [-0.39, 0.29) is 11.7 Å². The number of alkyl halides is 3. The Hall–Kier alpha value is -2.59. The van der Waals surface area contributed by atoms with E-state index < -0.39 is 17.3 Å². The maximum Gasteiger partial charge on any atom is 0.416 e. The Kier molecular flexibility index (Phi) is 7.45. The van der Waals surface area contributed by atoms with Crippen LogP contribution in [-0.2, 0) is 24.6 Å². The van der Waals surface area contributed by atoms with Gasteiger partial charge in [0.2, 0.25) is 0 Å². The van der Waals surface area contributed by atoms with E-state index in [1.54, 1.807) is 7.05 Å². The fourth-order valence-corrected chi connectivity index (χ4v) is 4.00. The Bertz CT molecular complexity index is 913. The summed E-state index contributed by atoms with van der Waals surface area (Å²) < 4.78 is 46.7.